The first kappa shape index (κ1) is 10.1. The second-order valence-corrected chi connectivity index (χ2v) is 3.08. The first-order valence-electron chi connectivity index (χ1n) is 3.93. The monoisotopic (exact) mass is 157 g/mol. The van der Waals surface area contributed by atoms with Crippen LogP contribution in [0.25, 0.3) is 0 Å². The number of rotatable bonds is 6. The van der Waals surface area contributed by atoms with Crippen molar-refractivity contribution in [1.82, 2.24) is 0 Å². The van der Waals surface area contributed by atoms with Gasteiger partial charge in [-0.15, -0.1) is 0 Å². The molecule has 0 heterocycles. The lowest BCUT2D eigenvalue weighted by atomic mass is 10.2. The summed E-state index contributed by atoms with van der Waals surface area (Å²) in [6.07, 6.45) is 13.4. The molecule has 0 unspecified atom stereocenters. The van der Waals surface area contributed by atoms with Gasteiger partial charge in [-0.05, 0) is 12.8 Å². The standard InChI is InChI=1S/C9H17S/c1-3-4-5-6-7-8-9-10-2/h7-8H,2-6,9H2,1H3. The maximum atomic E-state index is 3.69. The van der Waals surface area contributed by atoms with Gasteiger partial charge in [0.25, 0.3) is 0 Å². The highest BCUT2D eigenvalue weighted by Gasteiger charge is 1.80. The lowest BCUT2D eigenvalue weighted by Crippen LogP contribution is -1.71. The van der Waals surface area contributed by atoms with Crippen LogP contribution < -0.4 is 0 Å². The van der Waals surface area contributed by atoms with E-state index in [1.54, 1.807) is 11.8 Å². The number of unbranched alkanes of at least 4 members (excludes halogenated alkanes) is 3. The van der Waals surface area contributed by atoms with Crippen LogP contribution in [0, 0.1) is 6.26 Å². The van der Waals surface area contributed by atoms with Crippen LogP contribution in [-0.4, -0.2) is 5.75 Å². The van der Waals surface area contributed by atoms with E-state index in [2.05, 4.69) is 25.3 Å². The number of hydrogen-bond donors (Lipinski definition) is 0. The topological polar surface area (TPSA) is 0 Å². The minimum absolute atomic E-state index is 1.06. The minimum Gasteiger partial charge on any atom is -0.157 e. The van der Waals surface area contributed by atoms with Crippen molar-refractivity contribution in [1.29, 1.82) is 0 Å². The van der Waals surface area contributed by atoms with Crippen LogP contribution in [0.5, 0.6) is 0 Å². The Morgan fingerprint density at radius 2 is 2.10 bits per heavy atom. The summed E-state index contributed by atoms with van der Waals surface area (Å²) in [5.41, 5.74) is 0. The molecule has 1 heteroatoms. The molecule has 0 nitrogen and oxygen atoms in total. The van der Waals surface area contributed by atoms with Crippen molar-refractivity contribution in [2.75, 3.05) is 5.75 Å². The Labute approximate surface area is 69.1 Å². The van der Waals surface area contributed by atoms with Crippen LogP contribution in [0.3, 0.4) is 0 Å². The largest absolute Gasteiger partial charge is 0.157 e. The number of hydrogen-bond acceptors (Lipinski definition) is 1. The predicted octanol–water partition coefficient (Wildman–Crippen LogP) is 3.65. The molecule has 1 radical (unpaired) electrons. The van der Waals surface area contributed by atoms with E-state index in [1.807, 2.05) is 0 Å². The van der Waals surface area contributed by atoms with E-state index in [4.69, 9.17) is 0 Å². The van der Waals surface area contributed by atoms with Gasteiger partial charge in [0.2, 0.25) is 0 Å². The zero-order valence-electron chi connectivity index (χ0n) is 6.81. The summed E-state index contributed by atoms with van der Waals surface area (Å²) in [7, 11) is 0. The van der Waals surface area contributed by atoms with Gasteiger partial charge in [0, 0.05) is 12.0 Å². The van der Waals surface area contributed by atoms with E-state index in [0.29, 0.717) is 0 Å². The Hall–Kier alpha value is 0.0900. The van der Waals surface area contributed by atoms with Crippen molar-refractivity contribution in [3.05, 3.63) is 18.4 Å². The van der Waals surface area contributed by atoms with Gasteiger partial charge in [-0.1, -0.05) is 31.9 Å². The Morgan fingerprint density at radius 1 is 1.30 bits per heavy atom. The molecule has 0 atom stereocenters. The molecule has 0 amide bonds. The van der Waals surface area contributed by atoms with Gasteiger partial charge in [-0.25, -0.2) is 0 Å². The summed E-state index contributed by atoms with van der Waals surface area (Å²) in [5.74, 6) is 1.06. The maximum absolute atomic E-state index is 3.69. The summed E-state index contributed by atoms with van der Waals surface area (Å²) >= 11 is 1.63. The van der Waals surface area contributed by atoms with E-state index < -0.39 is 0 Å². The molecule has 0 spiro atoms. The molecule has 0 aromatic carbocycles. The Kier molecular flexibility index (Phi) is 9.17. The molecule has 10 heavy (non-hydrogen) atoms. The summed E-state index contributed by atoms with van der Waals surface area (Å²) in [6, 6.07) is 0. The third-order valence-electron chi connectivity index (χ3n) is 1.36. The fourth-order valence-electron chi connectivity index (χ4n) is 0.766. The molecule has 0 rings (SSSR count). The first-order valence-corrected chi connectivity index (χ1v) is 5.09. The molecule has 0 aliphatic heterocycles. The number of thioether (sulfide) groups is 1. The van der Waals surface area contributed by atoms with E-state index in [9.17, 15) is 0 Å². The third kappa shape index (κ3) is 8.09. The molecule has 0 aliphatic carbocycles. The van der Waals surface area contributed by atoms with Crippen molar-refractivity contribution >= 4 is 11.8 Å². The second kappa shape index (κ2) is 9.09. The normalized spacial score (nSPS) is 11.0. The van der Waals surface area contributed by atoms with Crippen LogP contribution in [0.2, 0.25) is 0 Å². The Balaban J connectivity index is 2.88. The molecule has 0 fully saturated rings. The van der Waals surface area contributed by atoms with Crippen molar-refractivity contribution in [3.63, 3.8) is 0 Å². The van der Waals surface area contributed by atoms with Gasteiger partial charge in [0.1, 0.15) is 0 Å². The molecule has 0 aromatic rings. The molecular weight excluding hydrogens is 140 g/mol. The van der Waals surface area contributed by atoms with Crippen molar-refractivity contribution in [2.45, 2.75) is 32.6 Å². The summed E-state index contributed by atoms with van der Waals surface area (Å²) in [5, 5.41) is 0. The lowest BCUT2D eigenvalue weighted by molar-refractivity contribution is 0.729. The molecule has 0 saturated heterocycles. The van der Waals surface area contributed by atoms with Crippen LogP contribution >= 0.6 is 11.8 Å². The van der Waals surface area contributed by atoms with E-state index in [0.717, 1.165) is 5.75 Å². The SMILES string of the molecule is [CH2]SCC=CCCCCC. The number of allylic oxidation sites excluding steroid dienone is 1. The second-order valence-electron chi connectivity index (χ2n) is 2.34. The highest BCUT2D eigenvalue weighted by Crippen LogP contribution is 2.01. The quantitative estimate of drug-likeness (QED) is 0.419. The van der Waals surface area contributed by atoms with Gasteiger partial charge in [0.15, 0.2) is 0 Å². The fraction of sp³-hybridized carbons (Fsp3) is 0.667. The molecule has 59 valence electrons. The van der Waals surface area contributed by atoms with Gasteiger partial charge in [-0.2, -0.15) is 11.8 Å². The van der Waals surface area contributed by atoms with E-state index in [-0.39, 0.29) is 0 Å². The van der Waals surface area contributed by atoms with Gasteiger partial charge in [0.05, 0.1) is 0 Å². The van der Waals surface area contributed by atoms with Crippen LogP contribution in [0.15, 0.2) is 12.2 Å². The summed E-state index contributed by atoms with van der Waals surface area (Å²) in [6.45, 7) is 2.23. The average molecular weight is 157 g/mol. The highest BCUT2D eigenvalue weighted by molar-refractivity contribution is 8.00. The van der Waals surface area contributed by atoms with Gasteiger partial charge >= 0.3 is 0 Å². The molecule has 0 saturated carbocycles. The summed E-state index contributed by atoms with van der Waals surface area (Å²) in [4.78, 5) is 0. The molecular formula is C9H17S. The first-order chi connectivity index (χ1) is 4.91. The fourth-order valence-corrected chi connectivity index (χ4v) is 1.04. The van der Waals surface area contributed by atoms with E-state index in [1.165, 1.54) is 25.7 Å². The smallest absolute Gasteiger partial charge is 0.0113 e. The molecule has 0 aromatic heterocycles. The van der Waals surface area contributed by atoms with Crippen LogP contribution in [-0.2, 0) is 0 Å². The molecule has 0 aliphatic rings. The zero-order chi connectivity index (χ0) is 7.66. The Morgan fingerprint density at radius 3 is 2.70 bits per heavy atom. The average Bonchev–Trinajstić information content (AvgIpc) is 1.97. The van der Waals surface area contributed by atoms with Crippen LogP contribution in [0.4, 0.5) is 0 Å². The summed E-state index contributed by atoms with van der Waals surface area (Å²) < 4.78 is 0. The van der Waals surface area contributed by atoms with E-state index >= 15 is 0 Å². The van der Waals surface area contributed by atoms with Crippen LogP contribution in [0.1, 0.15) is 32.6 Å². The van der Waals surface area contributed by atoms with Gasteiger partial charge in [-0.3, -0.25) is 0 Å². The van der Waals surface area contributed by atoms with Gasteiger partial charge < -0.3 is 0 Å². The minimum atomic E-state index is 1.06. The van der Waals surface area contributed by atoms with Crippen molar-refractivity contribution < 1.29 is 0 Å². The van der Waals surface area contributed by atoms with Crippen molar-refractivity contribution in [3.8, 4) is 0 Å². The van der Waals surface area contributed by atoms with Crippen molar-refractivity contribution in [2.24, 2.45) is 0 Å². The molecule has 0 N–H and O–H groups in total. The third-order valence-corrected chi connectivity index (χ3v) is 1.78. The maximum Gasteiger partial charge on any atom is 0.0113 e. The molecule has 0 bridgehead atoms. The lowest BCUT2D eigenvalue weighted by Gasteiger charge is -1.90. The highest BCUT2D eigenvalue weighted by atomic mass is 32.2. The predicted molar refractivity (Wildman–Crippen MR) is 51.1 cm³/mol. The zero-order valence-corrected chi connectivity index (χ0v) is 7.62. The Bertz CT molecular complexity index is 76.8.